The van der Waals surface area contributed by atoms with E-state index in [4.69, 9.17) is 0 Å². The fourth-order valence-electron chi connectivity index (χ4n) is 3.12. The minimum atomic E-state index is -4.43. The third-order valence-corrected chi connectivity index (χ3v) is 4.62. The van der Waals surface area contributed by atoms with Gasteiger partial charge in [-0.05, 0) is 38.3 Å². The van der Waals surface area contributed by atoms with E-state index in [1.807, 2.05) is 0 Å². The summed E-state index contributed by atoms with van der Waals surface area (Å²) in [4.78, 5) is 14.3. The highest BCUT2D eigenvalue weighted by atomic mass is 19.4. The van der Waals surface area contributed by atoms with E-state index < -0.39 is 24.4 Å². The fraction of sp³-hybridized carbons (Fsp3) is 0.611. The molecule has 0 aromatic heterocycles. The molecule has 3 nitrogen and oxygen atoms in total. The summed E-state index contributed by atoms with van der Waals surface area (Å²) in [5.41, 5.74) is 0.131. The van der Waals surface area contributed by atoms with Crippen molar-refractivity contribution in [2.24, 2.45) is 5.92 Å². The Bertz CT molecular complexity index is 531. The summed E-state index contributed by atoms with van der Waals surface area (Å²) in [6, 6.07) is 8.08. The summed E-state index contributed by atoms with van der Waals surface area (Å²) in [5, 5.41) is 2.69. The van der Waals surface area contributed by atoms with Gasteiger partial charge in [-0.3, -0.25) is 4.79 Å². The van der Waals surface area contributed by atoms with Gasteiger partial charge >= 0.3 is 6.18 Å². The number of halogens is 3. The second kappa shape index (κ2) is 8.01. The molecule has 1 N–H and O–H groups in total. The summed E-state index contributed by atoms with van der Waals surface area (Å²) in [7, 11) is 0. The zero-order chi connectivity index (χ0) is 17.7. The number of carbonyl (C=O) groups is 1. The Kier molecular flexibility index (Phi) is 6.27. The van der Waals surface area contributed by atoms with E-state index in [0.29, 0.717) is 18.5 Å². The lowest BCUT2D eigenvalue weighted by Crippen LogP contribution is -2.35. The quantitative estimate of drug-likeness (QED) is 0.857. The number of nitrogens with zero attached hydrogens (tertiary/aromatic N) is 1. The summed E-state index contributed by atoms with van der Waals surface area (Å²) in [6.07, 6.45) is -4.02. The molecule has 0 spiro atoms. The zero-order valence-electron chi connectivity index (χ0n) is 14.1. The van der Waals surface area contributed by atoms with Crippen molar-refractivity contribution in [3.63, 3.8) is 0 Å². The average molecular weight is 342 g/mol. The second-order valence-corrected chi connectivity index (χ2v) is 6.76. The molecule has 0 unspecified atom stereocenters. The number of benzene rings is 1. The van der Waals surface area contributed by atoms with Crippen molar-refractivity contribution in [3.8, 4) is 0 Å². The molecule has 24 heavy (non-hydrogen) atoms. The van der Waals surface area contributed by atoms with Crippen LogP contribution >= 0.6 is 0 Å². The summed E-state index contributed by atoms with van der Waals surface area (Å²) >= 11 is 0. The lowest BCUT2D eigenvalue weighted by atomic mass is 9.94. The molecule has 1 saturated heterocycles. The molecule has 1 aliphatic rings. The van der Waals surface area contributed by atoms with Gasteiger partial charge in [0.2, 0.25) is 5.91 Å². The Balaban J connectivity index is 1.88. The van der Waals surface area contributed by atoms with E-state index in [1.54, 1.807) is 18.2 Å². The van der Waals surface area contributed by atoms with Crippen molar-refractivity contribution >= 4 is 5.91 Å². The lowest BCUT2D eigenvalue weighted by Gasteiger charge is -2.22. The molecule has 1 amide bonds. The van der Waals surface area contributed by atoms with Gasteiger partial charge in [0.05, 0.1) is 5.92 Å². The van der Waals surface area contributed by atoms with E-state index in [9.17, 15) is 18.0 Å². The maximum Gasteiger partial charge on any atom is 0.396 e. The number of nitrogens with one attached hydrogen (secondary N) is 1. The van der Waals surface area contributed by atoms with Crippen LogP contribution in [0.2, 0.25) is 0 Å². The Labute approximate surface area is 141 Å². The fourth-order valence-corrected chi connectivity index (χ4v) is 3.12. The molecular weight excluding hydrogens is 317 g/mol. The first kappa shape index (κ1) is 18.8. The molecule has 1 aliphatic heterocycles. The highest BCUT2D eigenvalue weighted by Crippen LogP contribution is 2.37. The van der Waals surface area contributed by atoms with E-state index in [-0.39, 0.29) is 5.56 Å². The number of alkyl halides is 3. The normalized spacial score (nSPS) is 20.3. The van der Waals surface area contributed by atoms with E-state index >= 15 is 0 Å². The predicted molar refractivity (Wildman–Crippen MR) is 87.7 cm³/mol. The largest absolute Gasteiger partial charge is 0.396 e. The molecular formula is C18H25F3N2O. The van der Waals surface area contributed by atoms with Gasteiger partial charge in [0.25, 0.3) is 0 Å². The topological polar surface area (TPSA) is 32.3 Å². The van der Waals surface area contributed by atoms with Gasteiger partial charge < -0.3 is 10.2 Å². The van der Waals surface area contributed by atoms with Crippen molar-refractivity contribution in [3.05, 3.63) is 35.9 Å². The molecule has 0 saturated carbocycles. The molecule has 1 heterocycles. The van der Waals surface area contributed by atoms with Crippen LogP contribution in [0.5, 0.6) is 0 Å². The van der Waals surface area contributed by atoms with Crippen LogP contribution < -0.4 is 5.32 Å². The van der Waals surface area contributed by atoms with Crippen LogP contribution in [0.3, 0.4) is 0 Å². The molecule has 0 radical (unpaired) electrons. The molecule has 2 atom stereocenters. The Morgan fingerprint density at radius 3 is 2.50 bits per heavy atom. The van der Waals surface area contributed by atoms with Gasteiger partial charge in [-0.15, -0.1) is 0 Å². The zero-order valence-corrected chi connectivity index (χ0v) is 14.1. The highest BCUT2D eigenvalue weighted by Gasteiger charge is 2.41. The molecule has 1 aromatic rings. The number of likely N-dealkylation sites (tertiary alicyclic amines) is 1. The number of hydrogen-bond donors (Lipinski definition) is 1. The lowest BCUT2D eigenvalue weighted by molar-refractivity contribution is -0.157. The minimum Gasteiger partial charge on any atom is -0.356 e. The molecule has 134 valence electrons. The minimum absolute atomic E-state index is 0.131. The highest BCUT2D eigenvalue weighted by molar-refractivity contribution is 5.77. The number of rotatable bonds is 6. The van der Waals surface area contributed by atoms with E-state index in [0.717, 1.165) is 19.5 Å². The Morgan fingerprint density at radius 1 is 1.29 bits per heavy atom. The predicted octanol–water partition coefficient (Wildman–Crippen LogP) is 3.57. The maximum absolute atomic E-state index is 13.3. The SMILES string of the molecule is CC(C)N1CC[C@@H](CNC(=O)C[C@@H](c2ccccc2)C(F)(F)F)C1. The number of amides is 1. The second-order valence-electron chi connectivity index (χ2n) is 6.76. The first-order valence-electron chi connectivity index (χ1n) is 8.39. The third-order valence-electron chi connectivity index (χ3n) is 4.62. The van der Waals surface area contributed by atoms with Crippen molar-refractivity contribution in [1.29, 1.82) is 0 Å². The van der Waals surface area contributed by atoms with Crippen LogP contribution in [0, 0.1) is 5.92 Å². The van der Waals surface area contributed by atoms with Crippen molar-refractivity contribution < 1.29 is 18.0 Å². The molecule has 1 aromatic carbocycles. The molecule has 0 aliphatic carbocycles. The first-order valence-corrected chi connectivity index (χ1v) is 8.39. The molecule has 6 heteroatoms. The standard InChI is InChI=1S/C18H25F3N2O/c1-13(2)23-9-8-14(12-23)11-22-17(24)10-16(18(19,20)21)15-6-4-3-5-7-15/h3-7,13-14,16H,8-12H2,1-2H3,(H,22,24)/t14-,16-/m0/s1. The van der Waals surface area contributed by atoms with Crippen LogP contribution in [0.15, 0.2) is 30.3 Å². The van der Waals surface area contributed by atoms with Gasteiger partial charge in [0.15, 0.2) is 0 Å². The van der Waals surface area contributed by atoms with Crippen LogP contribution in [-0.4, -0.2) is 42.7 Å². The van der Waals surface area contributed by atoms with Crippen LogP contribution in [0.1, 0.15) is 38.2 Å². The van der Waals surface area contributed by atoms with Crippen LogP contribution in [0.4, 0.5) is 13.2 Å². The first-order chi connectivity index (χ1) is 11.3. The van der Waals surface area contributed by atoms with Gasteiger partial charge in [0.1, 0.15) is 0 Å². The Hall–Kier alpha value is -1.56. The van der Waals surface area contributed by atoms with Gasteiger partial charge in [-0.25, -0.2) is 0 Å². The average Bonchev–Trinajstić information content (AvgIpc) is 2.99. The summed E-state index contributed by atoms with van der Waals surface area (Å²) in [5.74, 6) is -1.98. The van der Waals surface area contributed by atoms with Crippen LogP contribution in [-0.2, 0) is 4.79 Å². The van der Waals surface area contributed by atoms with Crippen molar-refractivity contribution in [1.82, 2.24) is 10.2 Å². The van der Waals surface area contributed by atoms with Crippen LogP contribution in [0.25, 0.3) is 0 Å². The smallest absolute Gasteiger partial charge is 0.356 e. The molecule has 1 fully saturated rings. The number of hydrogen-bond acceptors (Lipinski definition) is 2. The van der Waals surface area contributed by atoms with E-state index in [2.05, 4.69) is 24.1 Å². The van der Waals surface area contributed by atoms with Gasteiger partial charge in [0, 0.05) is 25.6 Å². The van der Waals surface area contributed by atoms with Crippen molar-refractivity contribution in [2.75, 3.05) is 19.6 Å². The van der Waals surface area contributed by atoms with Crippen molar-refractivity contribution in [2.45, 2.75) is 44.8 Å². The third kappa shape index (κ3) is 5.23. The number of carbonyl (C=O) groups excluding carboxylic acids is 1. The van der Waals surface area contributed by atoms with Gasteiger partial charge in [-0.2, -0.15) is 13.2 Å². The van der Waals surface area contributed by atoms with E-state index in [1.165, 1.54) is 12.1 Å². The molecule has 2 rings (SSSR count). The summed E-state index contributed by atoms with van der Waals surface area (Å²) in [6.45, 7) is 6.55. The molecule has 0 bridgehead atoms. The van der Waals surface area contributed by atoms with Gasteiger partial charge in [-0.1, -0.05) is 30.3 Å². The maximum atomic E-state index is 13.3. The Morgan fingerprint density at radius 2 is 1.96 bits per heavy atom. The summed E-state index contributed by atoms with van der Waals surface area (Å²) < 4.78 is 39.8. The monoisotopic (exact) mass is 342 g/mol.